The average Bonchev–Trinajstić information content (AvgIpc) is 2.65. The second-order valence-electron chi connectivity index (χ2n) is 4.22. The second-order valence-corrected chi connectivity index (χ2v) is 5.46. The van der Waals surface area contributed by atoms with Gasteiger partial charge in [-0.05, 0) is 12.1 Å². The van der Waals surface area contributed by atoms with Crippen LogP contribution in [0.25, 0.3) is 0 Å². The van der Waals surface area contributed by atoms with Gasteiger partial charge in [0, 0.05) is 6.20 Å². The van der Waals surface area contributed by atoms with Crippen molar-refractivity contribution in [3.05, 3.63) is 24.4 Å². The van der Waals surface area contributed by atoms with Gasteiger partial charge in [-0.2, -0.15) is 0 Å². The van der Waals surface area contributed by atoms with E-state index >= 15 is 0 Å². The molecule has 10 heteroatoms. The topological polar surface area (TPSA) is 141 Å². The van der Waals surface area contributed by atoms with Crippen LogP contribution in [0.5, 0.6) is 0 Å². The molecule has 4 atom stereocenters. The SMILES string of the molecule is O=P(O)(O)OC[C@H]1OC(Nc2ccccn2)[C@H](O)[C@@H]1O. The summed E-state index contributed by atoms with van der Waals surface area (Å²) in [4.78, 5) is 21.2. The first-order chi connectivity index (χ1) is 9.37. The lowest BCUT2D eigenvalue weighted by Crippen LogP contribution is -2.36. The van der Waals surface area contributed by atoms with Gasteiger partial charge in [-0.15, -0.1) is 0 Å². The number of rotatable bonds is 5. The van der Waals surface area contributed by atoms with Gasteiger partial charge in [0.15, 0.2) is 6.23 Å². The number of aliphatic hydroxyl groups is 2. The van der Waals surface area contributed by atoms with Crippen molar-refractivity contribution in [2.24, 2.45) is 0 Å². The molecule has 0 saturated carbocycles. The fourth-order valence-electron chi connectivity index (χ4n) is 1.77. The zero-order valence-electron chi connectivity index (χ0n) is 10.2. The van der Waals surface area contributed by atoms with Crippen molar-refractivity contribution >= 4 is 13.6 Å². The summed E-state index contributed by atoms with van der Waals surface area (Å²) >= 11 is 0. The maximum atomic E-state index is 10.6. The Kier molecular flexibility index (Phi) is 4.71. The number of ether oxygens (including phenoxy) is 1. The van der Waals surface area contributed by atoms with Crippen LogP contribution >= 0.6 is 7.82 Å². The summed E-state index contributed by atoms with van der Waals surface area (Å²) in [7, 11) is -4.66. The fourth-order valence-corrected chi connectivity index (χ4v) is 2.11. The van der Waals surface area contributed by atoms with Crippen LogP contribution < -0.4 is 5.32 Å². The molecule has 2 heterocycles. The number of aromatic nitrogens is 1. The Morgan fingerprint density at radius 2 is 2.10 bits per heavy atom. The average molecular weight is 306 g/mol. The van der Waals surface area contributed by atoms with Gasteiger partial charge in [0.25, 0.3) is 0 Å². The van der Waals surface area contributed by atoms with Crippen LogP contribution in [0.4, 0.5) is 5.82 Å². The summed E-state index contributed by atoms with van der Waals surface area (Å²) in [6.45, 7) is -0.539. The summed E-state index contributed by atoms with van der Waals surface area (Å²) in [6.07, 6.45) is -3.08. The third-order valence-corrected chi connectivity index (χ3v) is 3.21. The molecule has 2 rings (SSSR count). The van der Waals surface area contributed by atoms with Gasteiger partial charge in [-0.25, -0.2) is 9.55 Å². The Labute approximate surface area is 114 Å². The molecular formula is C10H15N2O7P. The van der Waals surface area contributed by atoms with Gasteiger partial charge in [0.2, 0.25) is 0 Å². The Bertz CT molecular complexity index is 482. The molecule has 0 aromatic carbocycles. The molecule has 0 spiro atoms. The van der Waals surface area contributed by atoms with E-state index in [1.165, 1.54) is 6.20 Å². The monoisotopic (exact) mass is 306 g/mol. The molecule has 1 aliphatic heterocycles. The lowest BCUT2D eigenvalue weighted by molar-refractivity contribution is -0.0151. The summed E-state index contributed by atoms with van der Waals surface area (Å²) in [5.41, 5.74) is 0. The molecule has 5 N–H and O–H groups in total. The molecule has 1 aromatic rings. The zero-order valence-corrected chi connectivity index (χ0v) is 11.1. The highest BCUT2D eigenvalue weighted by molar-refractivity contribution is 7.46. The number of anilines is 1. The number of nitrogens with zero attached hydrogens (tertiary/aromatic N) is 1. The Morgan fingerprint density at radius 3 is 2.70 bits per heavy atom. The first kappa shape index (κ1) is 15.3. The Morgan fingerprint density at radius 1 is 1.35 bits per heavy atom. The molecule has 1 aromatic heterocycles. The van der Waals surface area contributed by atoms with Crippen molar-refractivity contribution in [1.82, 2.24) is 4.98 Å². The van der Waals surface area contributed by atoms with Crippen LogP contribution in [-0.4, -0.2) is 56.1 Å². The highest BCUT2D eigenvalue weighted by Gasteiger charge is 2.43. The maximum Gasteiger partial charge on any atom is 0.469 e. The minimum atomic E-state index is -4.66. The van der Waals surface area contributed by atoms with Gasteiger partial charge in [0.1, 0.15) is 24.1 Å². The molecule has 1 unspecified atom stereocenters. The quantitative estimate of drug-likeness (QED) is 0.435. The fraction of sp³-hybridized carbons (Fsp3) is 0.500. The number of hydrogen-bond acceptors (Lipinski definition) is 7. The zero-order chi connectivity index (χ0) is 14.8. The van der Waals surface area contributed by atoms with Crippen molar-refractivity contribution in [2.45, 2.75) is 24.5 Å². The van der Waals surface area contributed by atoms with Crippen LogP contribution in [0.1, 0.15) is 0 Å². The molecule has 1 saturated heterocycles. The standard InChI is InChI=1S/C10H15N2O7P/c13-8-6(5-18-20(15,16)17)19-10(9(8)14)12-7-3-1-2-4-11-7/h1-4,6,8-10,13-14H,5H2,(H,11,12)(H2,15,16,17)/t6-,8-,9-,10?/m1/s1. The third kappa shape index (κ3) is 3.97. The van der Waals surface area contributed by atoms with Crippen LogP contribution in [0, 0.1) is 0 Å². The minimum absolute atomic E-state index is 0.431. The minimum Gasteiger partial charge on any atom is -0.387 e. The van der Waals surface area contributed by atoms with E-state index < -0.39 is 39.0 Å². The van der Waals surface area contributed by atoms with Crippen molar-refractivity contribution < 1.29 is 33.8 Å². The van der Waals surface area contributed by atoms with E-state index in [9.17, 15) is 14.8 Å². The van der Waals surface area contributed by atoms with Crippen molar-refractivity contribution in [1.29, 1.82) is 0 Å². The Hall–Kier alpha value is -1.06. The van der Waals surface area contributed by atoms with Gasteiger partial charge >= 0.3 is 7.82 Å². The first-order valence-electron chi connectivity index (χ1n) is 5.76. The third-order valence-electron chi connectivity index (χ3n) is 2.72. The molecule has 20 heavy (non-hydrogen) atoms. The Balaban J connectivity index is 1.94. The molecule has 1 aliphatic rings. The normalized spacial score (nSPS) is 30.4. The smallest absolute Gasteiger partial charge is 0.387 e. The predicted octanol–water partition coefficient (Wildman–Crippen LogP) is -0.951. The number of phosphoric ester groups is 1. The molecule has 112 valence electrons. The lowest BCUT2D eigenvalue weighted by atomic mass is 10.1. The molecule has 9 nitrogen and oxygen atoms in total. The first-order valence-corrected chi connectivity index (χ1v) is 7.29. The number of phosphoric acid groups is 1. The molecule has 1 fully saturated rings. The number of hydrogen-bond donors (Lipinski definition) is 5. The van der Waals surface area contributed by atoms with Crippen LogP contribution in [0.2, 0.25) is 0 Å². The van der Waals surface area contributed by atoms with E-state index in [2.05, 4.69) is 14.8 Å². The summed E-state index contributed by atoms with van der Waals surface area (Å²) in [5, 5.41) is 22.3. The summed E-state index contributed by atoms with van der Waals surface area (Å²) < 4.78 is 20.1. The van der Waals surface area contributed by atoms with E-state index in [-0.39, 0.29) is 0 Å². The van der Waals surface area contributed by atoms with E-state index in [0.29, 0.717) is 5.82 Å². The maximum absolute atomic E-state index is 10.6. The number of nitrogens with one attached hydrogen (secondary N) is 1. The van der Waals surface area contributed by atoms with Crippen molar-refractivity contribution in [3.8, 4) is 0 Å². The summed E-state index contributed by atoms with van der Waals surface area (Å²) in [6, 6.07) is 5.08. The van der Waals surface area contributed by atoms with Gasteiger partial charge < -0.3 is 30.1 Å². The van der Waals surface area contributed by atoms with Crippen LogP contribution in [0.3, 0.4) is 0 Å². The van der Waals surface area contributed by atoms with Gasteiger partial charge in [0.05, 0.1) is 6.61 Å². The molecular weight excluding hydrogens is 291 g/mol. The highest BCUT2D eigenvalue weighted by atomic mass is 31.2. The van der Waals surface area contributed by atoms with Crippen molar-refractivity contribution in [2.75, 3.05) is 11.9 Å². The van der Waals surface area contributed by atoms with E-state index in [1.807, 2.05) is 0 Å². The van der Waals surface area contributed by atoms with Crippen molar-refractivity contribution in [3.63, 3.8) is 0 Å². The second kappa shape index (κ2) is 6.15. The number of aliphatic hydroxyl groups excluding tert-OH is 2. The van der Waals surface area contributed by atoms with Crippen LogP contribution in [0.15, 0.2) is 24.4 Å². The van der Waals surface area contributed by atoms with E-state index in [4.69, 9.17) is 14.5 Å². The van der Waals surface area contributed by atoms with E-state index in [1.54, 1.807) is 18.2 Å². The highest BCUT2D eigenvalue weighted by Crippen LogP contribution is 2.37. The lowest BCUT2D eigenvalue weighted by Gasteiger charge is -2.16. The molecule has 0 amide bonds. The number of pyridine rings is 1. The predicted molar refractivity (Wildman–Crippen MR) is 66.5 cm³/mol. The van der Waals surface area contributed by atoms with E-state index in [0.717, 1.165) is 0 Å². The van der Waals surface area contributed by atoms with Gasteiger partial charge in [-0.1, -0.05) is 6.07 Å². The van der Waals surface area contributed by atoms with Gasteiger partial charge in [-0.3, -0.25) is 4.52 Å². The largest absolute Gasteiger partial charge is 0.469 e. The van der Waals surface area contributed by atoms with Crippen LogP contribution in [-0.2, 0) is 13.8 Å². The molecule has 0 bridgehead atoms. The molecule has 0 radical (unpaired) electrons. The summed E-state index contributed by atoms with van der Waals surface area (Å²) in [5.74, 6) is 0.431. The molecule has 0 aliphatic carbocycles.